The average molecular weight is 372 g/mol. The minimum atomic E-state index is -3.03. The molecule has 0 atom stereocenters. The van der Waals surface area contributed by atoms with Crippen LogP contribution in [-0.4, -0.2) is 46.6 Å². The normalized spacial score (nSPS) is 11.9. The highest BCUT2D eigenvalue weighted by Gasteiger charge is 2.27. The van der Waals surface area contributed by atoms with Crippen molar-refractivity contribution in [2.45, 2.75) is 12.8 Å². The Hall–Kier alpha value is -3.50. The lowest BCUT2D eigenvalue weighted by molar-refractivity contribution is 0.0173. The summed E-state index contributed by atoms with van der Waals surface area (Å²) >= 11 is 0. The van der Waals surface area contributed by atoms with Gasteiger partial charge in [-0.2, -0.15) is 0 Å². The van der Waals surface area contributed by atoms with Gasteiger partial charge < -0.3 is 4.74 Å². The second-order valence-electron chi connectivity index (χ2n) is 5.92. The Labute approximate surface area is 151 Å². The van der Waals surface area contributed by atoms with Crippen molar-refractivity contribution < 1.29 is 13.5 Å². The highest BCUT2D eigenvalue weighted by Crippen LogP contribution is 2.31. The fraction of sp³-hybridized carbons (Fsp3) is 0.250. The first-order valence-corrected chi connectivity index (χ1v) is 7.86. The molecule has 0 spiro atoms. The molecule has 0 saturated heterocycles. The minimum absolute atomic E-state index is 0.230. The minimum Gasteiger partial charge on any atom is -0.480 e. The fourth-order valence-electron chi connectivity index (χ4n) is 2.57. The van der Waals surface area contributed by atoms with Crippen molar-refractivity contribution in [3.8, 4) is 23.2 Å². The predicted octanol–water partition coefficient (Wildman–Crippen LogP) is 2.13. The molecule has 0 saturated carbocycles. The number of alkyl halides is 2. The predicted molar refractivity (Wildman–Crippen MR) is 90.6 cm³/mol. The molecule has 138 valence electrons. The Morgan fingerprint density at radius 1 is 1.11 bits per heavy atom. The van der Waals surface area contributed by atoms with Crippen LogP contribution in [0.2, 0.25) is 0 Å². The van der Waals surface area contributed by atoms with Gasteiger partial charge in [-0.3, -0.25) is 9.25 Å². The van der Waals surface area contributed by atoms with E-state index in [1.807, 2.05) is 0 Å². The summed E-state index contributed by atoms with van der Waals surface area (Å²) in [6.07, 6.45) is 5.70. The van der Waals surface area contributed by atoms with E-state index in [2.05, 4.69) is 30.2 Å². The van der Waals surface area contributed by atoms with Crippen LogP contribution in [0.4, 0.5) is 8.78 Å². The maximum atomic E-state index is 13.7. The maximum Gasteiger partial charge on any atom is 0.272 e. The van der Waals surface area contributed by atoms with Gasteiger partial charge in [-0.15, -0.1) is 5.10 Å². The van der Waals surface area contributed by atoms with E-state index >= 15 is 0 Å². The number of hydrogen-bond acceptors (Lipinski definition) is 7. The molecule has 0 aliphatic rings. The lowest BCUT2D eigenvalue weighted by Crippen LogP contribution is -2.08. The number of hydrogen-bond donors (Lipinski definition) is 0. The highest BCUT2D eigenvalue weighted by atomic mass is 19.3. The van der Waals surface area contributed by atoms with Gasteiger partial charge in [-0.05, 0) is 6.07 Å². The SMILES string of the molecule is COc1cnc(-n2c(-c3cn(C)nn3)nc3cc(C(C)(F)F)cnc32)cn1. The number of ether oxygens (including phenoxy) is 1. The Bertz CT molecular complexity index is 1110. The van der Waals surface area contributed by atoms with Gasteiger partial charge in [0.05, 0.1) is 25.7 Å². The molecule has 0 aromatic carbocycles. The van der Waals surface area contributed by atoms with Crippen LogP contribution in [0.5, 0.6) is 5.88 Å². The van der Waals surface area contributed by atoms with Gasteiger partial charge in [0.15, 0.2) is 17.3 Å². The van der Waals surface area contributed by atoms with Crippen LogP contribution in [0, 0.1) is 0 Å². The second-order valence-corrected chi connectivity index (χ2v) is 5.92. The maximum absolute atomic E-state index is 13.7. The Morgan fingerprint density at radius 3 is 2.52 bits per heavy atom. The molecular formula is C16H14F2N8O. The summed E-state index contributed by atoms with van der Waals surface area (Å²) in [6, 6.07) is 1.30. The molecule has 0 N–H and O–H groups in total. The number of aromatic nitrogens is 8. The molecule has 0 bridgehead atoms. The molecule has 0 aliphatic heterocycles. The Kier molecular flexibility index (Phi) is 3.79. The first-order valence-electron chi connectivity index (χ1n) is 7.86. The quantitative estimate of drug-likeness (QED) is 0.541. The first kappa shape index (κ1) is 16.9. The third-order valence-electron chi connectivity index (χ3n) is 3.89. The number of halogens is 2. The van der Waals surface area contributed by atoms with E-state index < -0.39 is 5.92 Å². The molecule has 4 heterocycles. The van der Waals surface area contributed by atoms with Gasteiger partial charge in [0.1, 0.15) is 11.2 Å². The van der Waals surface area contributed by atoms with Crippen molar-refractivity contribution in [2.75, 3.05) is 7.11 Å². The average Bonchev–Trinajstić information content (AvgIpc) is 3.23. The van der Waals surface area contributed by atoms with Crippen LogP contribution < -0.4 is 4.74 Å². The van der Waals surface area contributed by atoms with Crippen LogP contribution in [0.1, 0.15) is 12.5 Å². The number of fused-ring (bicyclic) bond motifs is 1. The zero-order chi connectivity index (χ0) is 19.2. The molecule has 4 rings (SSSR count). The zero-order valence-corrected chi connectivity index (χ0v) is 14.6. The number of methoxy groups -OCH3 is 1. The fourth-order valence-corrected chi connectivity index (χ4v) is 2.57. The Balaban J connectivity index is 1.98. The zero-order valence-electron chi connectivity index (χ0n) is 14.6. The van der Waals surface area contributed by atoms with Crippen LogP contribution in [0.15, 0.2) is 30.9 Å². The van der Waals surface area contributed by atoms with Gasteiger partial charge in [0.2, 0.25) is 5.88 Å². The number of rotatable bonds is 4. The van der Waals surface area contributed by atoms with E-state index in [1.54, 1.807) is 17.8 Å². The third kappa shape index (κ3) is 2.96. The molecule has 0 fully saturated rings. The van der Waals surface area contributed by atoms with Crippen molar-refractivity contribution in [3.05, 3.63) is 36.4 Å². The monoisotopic (exact) mass is 372 g/mol. The molecule has 0 radical (unpaired) electrons. The smallest absolute Gasteiger partial charge is 0.272 e. The van der Waals surface area contributed by atoms with E-state index in [4.69, 9.17) is 4.74 Å². The summed E-state index contributed by atoms with van der Waals surface area (Å²) in [5.74, 6) is -1.94. The molecule has 11 heteroatoms. The lowest BCUT2D eigenvalue weighted by atomic mass is 10.2. The molecule has 9 nitrogen and oxygen atoms in total. The Morgan fingerprint density at radius 2 is 1.93 bits per heavy atom. The van der Waals surface area contributed by atoms with Crippen molar-refractivity contribution in [1.29, 1.82) is 0 Å². The molecule has 27 heavy (non-hydrogen) atoms. The number of aryl methyl sites for hydroxylation is 1. The third-order valence-corrected chi connectivity index (χ3v) is 3.89. The van der Waals surface area contributed by atoms with E-state index in [0.29, 0.717) is 28.9 Å². The van der Waals surface area contributed by atoms with Crippen molar-refractivity contribution >= 4 is 11.2 Å². The van der Waals surface area contributed by atoms with E-state index in [9.17, 15) is 8.78 Å². The summed E-state index contributed by atoms with van der Waals surface area (Å²) in [4.78, 5) is 17.1. The van der Waals surface area contributed by atoms with Gasteiger partial charge in [0.25, 0.3) is 5.92 Å². The highest BCUT2D eigenvalue weighted by molar-refractivity contribution is 5.79. The van der Waals surface area contributed by atoms with Crippen LogP contribution in [-0.2, 0) is 13.0 Å². The van der Waals surface area contributed by atoms with Gasteiger partial charge in [-0.25, -0.2) is 28.7 Å². The van der Waals surface area contributed by atoms with Gasteiger partial charge in [-0.1, -0.05) is 5.21 Å². The van der Waals surface area contributed by atoms with Crippen LogP contribution in [0.3, 0.4) is 0 Å². The molecule has 0 amide bonds. The molecule has 4 aromatic heterocycles. The van der Waals surface area contributed by atoms with Crippen LogP contribution >= 0.6 is 0 Å². The van der Waals surface area contributed by atoms with E-state index in [0.717, 1.165) is 13.1 Å². The van der Waals surface area contributed by atoms with Gasteiger partial charge >= 0.3 is 0 Å². The van der Waals surface area contributed by atoms with E-state index in [-0.39, 0.29) is 11.1 Å². The summed E-state index contributed by atoms with van der Waals surface area (Å²) in [6.45, 7) is 0.811. The van der Waals surface area contributed by atoms with Crippen LogP contribution in [0.25, 0.3) is 28.5 Å². The number of imidazole rings is 1. The first-order chi connectivity index (χ1) is 12.9. The largest absolute Gasteiger partial charge is 0.480 e. The van der Waals surface area contributed by atoms with E-state index in [1.165, 1.54) is 30.3 Å². The van der Waals surface area contributed by atoms with Gasteiger partial charge in [0, 0.05) is 25.7 Å². The van der Waals surface area contributed by atoms with Crippen molar-refractivity contribution in [2.24, 2.45) is 7.05 Å². The van der Waals surface area contributed by atoms with Crippen molar-refractivity contribution in [3.63, 3.8) is 0 Å². The number of pyridine rings is 1. The molecule has 0 unspecified atom stereocenters. The lowest BCUT2D eigenvalue weighted by Gasteiger charge is -2.10. The molecular weight excluding hydrogens is 358 g/mol. The molecule has 0 aliphatic carbocycles. The summed E-state index contributed by atoms with van der Waals surface area (Å²) in [7, 11) is 3.19. The standard InChI is InChI=1S/C16H14F2N8O/c1-16(17,18)9-4-10-14(21-5-9)26(12-6-20-13(27-3)7-19-12)15(22-10)11-8-25(2)24-23-11/h4-8H,1-3H3. The molecule has 4 aromatic rings. The topological polar surface area (TPSA) is 96.4 Å². The summed E-state index contributed by atoms with van der Waals surface area (Å²) < 4.78 is 35.5. The second kappa shape index (κ2) is 6.04. The number of nitrogens with zero attached hydrogens (tertiary/aromatic N) is 8. The van der Waals surface area contributed by atoms with Crippen molar-refractivity contribution in [1.82, 2.24) is 39.5 Å². The summed E-state index contributed by atoms with van der Waals surface area (Å²) in [5.41, 5.74) is 0.847. The summed E-state index contributed by atoms with van der Waals surface area (Å²) in [5, 5.41) is 7.95.